The molecule has 4 nitrogen and oxygen atoms in total. The molecule has 128 valence electrons. The maximum Gasteiger partial charge on any atom is 0.296 e. The van der Waals surface area contributed by atoms with Gasteiger partial charge in [-0.2, -0.15) is 0 Å². The molecule has 0 N–H and O–H groups in total. The molecule has 0 aromatic heterocycles. The van der Waals surface area contributed by atoms with Crippen LogP contribution in [0.4, 0.5) is 21.0 Å². The summed E-state index contributed by atoms with van der Waals surface area (Å²) in [4.78, 5) is 29.8. The highest BCUT2D eigenvalue weighted by molar-refractivity contribution is 8.23. The molecule has 0 radical (unpaired) electrons. The summed E-state index contributed by atoms with van der Waals surface area (Å²) in [5, 5.41) is -0.393. The first kappa shape index (κ1) is 17.4. The molecule has 2 heterocycles. The number of thiocarbonyl (C=S) groups is 2. The molecule has 0 atom stereocenters. The van der Waals surface area contributed by atoms with Crippen molar-refractivity contribution in [1.29, 1.82) is 0 Å². The average molecular weight is 415 g/mol. The van der Waals surface area contributed by atoms with Gasteiger partial charge >= 0.3 is 0 Å². The van der Waals surface area contributed by atoms with E-state index in [1.807, 2.05) is 60.7 Å². The van der Waals surface area contributed by atoms with Gasteiger partial charge in [0.15, 0.2) is 0 Å². The number of hydrogen-bond donors (Lipinski definition) is 0. The summed E-state index contributed by atoms with van der Waals surface area (Å²) in [5.41, 5.74) is 1.40. The second-order valence-electron chi connectivity index (χ2n) is 5.35. The summed E-state index contributed by atoms with van der Waals surface area (Å²) < 4.78 is 0. The molecule has 0 saturated carbocycles. The molecule has 2 saturated heterocycles. The van der Waals surface area contributed by atoms with Crippen LogP contribution in [0.2, 0.25) is 0 Å². The fourth-order valence-corrected chi connectivity index (χ4v) is 5.60. The Hall–Kier alpha value is -2.00. The number of carbonyl (C=O) groups is 2. The Morgan fingerprint density at radius 3 is 1.31 bits per heavy atom. The lowest BCUT2D eigenvalue weighted by molar-refractivity contribution is 0.267. The number of rotatable bonds is 2. The zero-order chi connectivity index (χ0) is 18.3. The van der Waals surface area contributed by atoms with E-state index in [0.29, 0.717) is 31.2 Å². The summed E-state index contributed by atoms with van der Waals surface area (Å²) in [7, 11) is 0. The molecule has 0 bridgehead atoms. The van der Waals surface area contributed by atoms with Gasteiger partial charge < -0.3 is 0 Å². The molecule has 2 amide bonds. The lowest BCUT2D eigenvalue weighted by Gasteiger charge is -2.15. The first-order valence-electron chi connectivity index (χ1n) is 7.55. The number of amides is 2. The highest BCUT2D eigenvalue weighted by atomic mass is 32.2. The number of thioether (sulfide) groups is 2. The van der Waals surface area contributed by atoms with Crippen LogP contribution in [0.1, 0.15) is 0 Å². The molecule has 2 fully saturated rings. The third-order valence-corrected chi connectivity index (χ3v) is 6.85. The van der Waals surface area contributed by atoms with Gasteiger partial charge in [0.05, 0.1) is 21.2 Å². The molecule has 26 heavy (non-hydrogen) atoms. The monoisotopic (exact) mass is 414 g/mol. The van der Waals surface area contributed by atoms with Crippen molar-refractivity contribution in [3.05, 3.63) is 70.5 Å². The van der Waals surface area contributed by atoms with E-state index in [-0.39, 0.29) is 10.5 Å². The molecule has 2 aliphatic rings. The third kappa shape index (κ3) is 2.88. The maximum atomic E-state index is 12.5. The summed E-state index contributed by atoms with van der Waals surface area (Å²) >= 11 is 13.1. The van der Waals surface area contributed by atoms with Crippen molar-refractivity contribution in [2.45, 2.75) is 0 Å². The topological polar surface area (TPSA) is 40.6 Å². The Labute approximate surface area is 169 Å². The second kappa shape index (κ2) is 6.96. The highest BCUT2D eigenvalue weighted by Gasteiger charge is 2.41. The van der Waals surface area contributed by atoms with Gasteiger partial charge in [-0.15, -0.1) is 0 Å². The molecule has 2 aromatic rings. The predicted octanol–water partition coefficient (Wildman–Crippen LogP) is 5.60. The molecule has 2 aromatic carbocycles. The molecule has 2 aliphatic heterocycles. The second-order valence-corrected chi connectivity index (χ2v) is 8.04. The summed E-state index contributed by atoms with van der Waals surface area (Å²) in [6.07, 6.45) is 0. The van der Waals surface area contributed by atoms with E-state index < -0.39 is 0 Å². The van der Waals surface area contributed by atoms with E-state index in [9.17, 15) is 9.59 Å². The molecule has 0 spiro atoms. The lowest BCUT2D eigenvalue weighted by atomic mass is 10.3. The van der Waals surface area contributed by atoms with Gasteiger partial charge in [0, 0.05) is 0 Å². The third-order valence-electron chi connectivity index (χ3n) is 3.77. The van der Waals surface area contributed by atoms with Crippen molar-refractivity contribution in [2.24, 2.45) is 0 Å². The minimum Gasteiger partial charge on any atom is -0.261 e. The van der Waals surface area contributed by atoms with Crippen LogP contribution < -0.4 is 9.80 Å². The van der Waals surface area contributed by atoms with Gasteiger partial charge in [-0.05, 0) is 47.8 Å². The Bertz CT molecular complexity index is 894. The standard InChI is InChI=1S/C18H10N2O2S4/c21-17-19(11-7-3-1-4-8-11)15(23)13(25-17)14-16(24)20(18(22)26-14)12-9-5-2-6-10-12/h1-10H. The van der Waals surface area contributed by atoms with Gasteiger partial charge in [0.2, 0.25) is 0 Å². The number of carbonyl (C=O) groups excluding carboxylic acids is 2. The van der Waals surface area contributed by atoms with Gasteiger partial charge in [0.25, 0.3) is 10.5 Å². The summed E-state index contributed by atoms with van der Waals surface area (Å²) in [6.45, 7) is 0. The largest absolute Gasteiger partial charge is 0.296 e. The predicted molar refractivity (Wildman–Crippen MR) is 116 cm³/mol. The van der Waals surface area contributed by atoms with Gasteiger partial charge in [0.1, 0.15) is 9.98 Å². The average Bonchev–Trinajstić information content (AvgIpc) is 3.11. The minimum atomic E-state index is -0.197. The SMILES string of the molecule is O=C1SC(=C2SC(=O)N(c3ccccc3)C2=S)C(=S)N1c1ccccc1. The van der Waals surface area contributed by atoms with Gasteiger partial charge in [-0.1, -0.05) is 60.8 Å². The van der Waals surface area contributed by atoms with Crippen LogP contribution in [0, 0.1) is 0 Å². The number of anilines is 2. The van der Waals surface area contributed by atoms with Crippen molar-refractivity contribution in [2.75, 3.05) is 9.80 Å². The van der Waals surface area contributed by atoms with E-state index in [4.69, 9.17) is 24.4 Å². The summed E-state index contributed by atoms with van der Waals surface area (Å²) in [5.74, 6) is 0. The van der Waals surface area contributed by atoms with Gasteiger partial charge in [-0.3, -0.25) is 19.4 Å². The first-order chi connectivity index (χ1) is 12.6. The Morgan fingerprint density at radius 2 is 0.962 bits per heavy atom. The Balaban J connectivity index is 1.72. The Morgan fingerprint density at radius 1 is 0.615 bits per heavy atom. The van der Waals surface area contributed by atoms with Crippen LogP contribution in [0.15, 0.2) is 70.5 Å². The lowest BCUT2D eigenvalue weighted by Crippen LogP contribution is -2.28. The maximum absolute atomic E-state index is 12.5. The fraction of sp³-hybridized carbons (Fsp3) is 0. The quantitative estimate of drug-likeness (QED) is 0.471. The van der Waals surface area contributed by atoms with E-state index in [1.165, 1.54) is 9.80 Å². The van der Waals surface area contributed by atoms with Crippen molar-refractivity contribution >= 4 is 79.8 Å². The van der Waals surface area contributed by atoms with Crippen LogP contribution >= 0.6 is 48.0 Å². The van der Waals surface area contributed by atoms with Crippen molar-refractivity contribution < 1.29 is 9.59 Å². The molecule has 8 heteroatoms. The number of benzene rings is 2. The molecule has 4 rings (SSSR count). The Kier molecular flexibility index (Phi) is 4.66. The zero-order valence-corrected chi connectivity index (χ0v) is 16.4. The molecule has 0 unspecified atom stereocenters. The molecule has 0 aliphatic carbocycles. The van der Waals surface area contributed by atoms with Crippen molar-refractivity contribution in [3.8, 4) is 0 Å². The van der Waals surface area contributed by atoms with Crippen LogP contribution in [0.3, 0.4) is 0 Å². The normalized spacial score (nSPS) is 20.5. The van der Waals surface area contributed by atoms with E-state index in [2.05, 4.69) is 0 Å². The number of para-hydroxylation sites is 2. The van der Waals surface area contributed by atoms with E-state index >= 15 is 0 Å². The smallest absolute Gasteiger partial charge is 0.261 e. The highest BCUT2D eigenvalue weighted by Crippen LogP contribution is 2.45. The van der Waals surface area contributed by atoms with Crippen LogP contribution in [-0.2, 0) is 0 Å². The van der Waals surface area contributed by atoms with Crippen LogP contribution in [0.25, 0.3) is 0 Å². The fourth-order valence-electron chi connectivity index (χ4n) is 2.61. The first-order valence-corrected chi connectivity index (χ1v) is 10.00. The van der Waals surface area contributed by atoms with Crippen molar-refractivity contribution in [3.63, 3.8) is 0 Å². The summed E-state index contributed by atoms with van der Waals surface area (Å²) in [6, 6.07) is 18.4. The van der Waals surface area contributed by atoms with Crippen molar-refractivity contribution in [1.82, 2.24) is 0 Å². The zero-order valence-electron chi connectivity index (χ0n) is 13.1. The van der Waals surface area contributed by atoms with Gasteiger partial charge in [-0.25, -0.2) is 0 Å². The van der Waals surface area contributed by atoms with E-state index in [0.717, 1.165) is 23.5 Å². The van der Waals surface area contributed by atoms with Crippen LogP contribution in [-0.4, -0.2) is 20.5 Å². The van der Waals surface area contributed by atoms with Crippen LogP contribution in [0.5, 0.6) is 0 Å². The number of hydrogen-bond acceptors (Lipinski definition) is 6. The minimum absolute atomic E-state index is 0.197. The molecular formula is C18H10N2O2S4. The number of nitrogens with zero attached hydrogens (tertiary/aromatic N) is 2. The molecular weight excluding hydrogens is 404 g/mol. The van der Waals surface area contributed by atoms with E-state index in [1.54, 1.807) is 0 Å².